The van der Waals surface area contributed by atoms with E-state index in [0.29, 0.717) is 0 Å². The predicted molar refractivity (Wildman–Crippen MR) is 53.2 cm³/mol. The van der Waals surface area contributed by atoms with Crippen LogP contribution in [0.5, 0.6) is 5.75 Å². The van der Waals surface area contributed by atoms with Gasteiger partial charge >= 0.3 is 0 Å². The van der Waals surface area contributed by atoms with Crippen molar-refractivity contribution in [2.75, 3.05) is 18.5 Å². The summed E-state index contributed by atoms with van der Waals surface area (Å²) in [7, 11) is 1.46. The second-order valence-electron chi connectivity index (χ2n) is 3.47. The van der Waals surface area contributed by atoms with Gasteiger partial charge in [-0.1, -0.05) is 0 Å². The van der Waals surface area contributed by atoms with E-state index in [1.165, 1.54) is 11.9 Å². The van der Waals surface area contributed by atoms with Crippen LogP contribution >= 0.6 is 0 Å². The molecule has 1 amide bonds. The van der Waals surface area contributed by atoms with Crippen LogP contribution in [-0.2, 0) is 4.79 Å². The number of benzene rings is 1. The van der Waals surface area contributed by atoms with Crippen molar-refractivity contribution in [1.82, 2.24) is 0 Å². The van der Waals surface area contributed by atoms with Crippen LogP contribution in [0, 0.1) is 11.6 Å². The van der Waals surface area contributed by atoms with E-state index in [-0.39, 0.29) is 23.9 Å². The second-order valence-corrected chi connectivity index (χ2v) is 3.47. The molecule has 1 heterocycles. The minimum atomic E-state index is -1.02. The molecule has 1 atom stereocenters. The monoisotopic (exact) mass is 228 g/mol. The lowest BCUT2D eigenvalue weighted by Crippen LogP contribution is -2.47. The molecule has 1 aliphatic rings. The molecule has 0 saturated carbocycles. The standard InChI is InChI=1S/C10H10F2N2O2/c1-14-7-2-5(11)6(12)3-8(7)16-9(4-13)10(14)15/h2-3,9H,4,13H2,1H3. The average Bonchev–Trinajstić information content (AvgIpc) is 2.26. The highest BCUT2D eigenvalue weighted by molar-refractivity contribution is 5.99. The number of rotatable bonds is 1. The number of carbonyl (C=O) groups excluding carboxylic acids is 1. The molecular formula is C10H10F2N2O2. The molecule has 0 radical (unpaired) electrons. The summed E-state index contributed by atoms with van der Waals surface area (Å²) in [5.41, 5.74) is 5.54. The van der Waals surface area contributed by atoms with Gasteiger partial charge in [-0.05, 0) is 0 Å². The Hall–Kier alpha value is -1.69. The molecule has 16 heavy (non-hydrogen) atoms. The molecule has 6 heteroatoms. The van der Waals surface area contributed by atoms with E-state index in [2.05, 4.69) is 0 Å². The van der Waals surface area contributed by atoms with Gasteiger partial charge in [0.2, 0.25) is 0 Å². The van der Waals surface area contributed by atoms with E-state index >= 15 is 0 Å². The summed E-state index contributed by atoms with van der Waals surface area (Å²) in [6.45, 7) is -0.0123. The van der Waals surface area contributed by atoms with Crippen molar-refractivity contribution >= 4 is 11.6 Å². The summed E-state index contributed by atoms with van der Waals surface area (Å²) >= 11 is 0. The van der Waals surface area contributed by atoms with Gasteiger partial charge < -0.3 is 15.4 Å². The topological polar surface area (TPSA) is 55.6 Å². The minimum absolute atomic E-state index is 0.0123. The average molecular weight is 228 g/mol. The first kappa shape index (κ1) is 10.8. The van der Waals surface area contributed by atoms with Gasteiger partial charge in [0, 0.05) is 25.7 Å². The number of anilines is 1. The van der Waals surface area contributed by atoms with E-state index in [1.54, 1.807) is 0 Å². The Morgan fingerprint density at radius 1 is 1.44 bits per heavy atom. The number of amides is 1. The fourth-order valence-electron chi connectivity index (χ4n) is 1.56. The lowest BCUT2D eigenvalue weighted by molar-refractivity contribution is -0.125. The summed E-state index contributed by atoms with van der Waals surface area (Å²) < 4.78 is 31.1. The Morgan fingerprint density at radius 2 is 2.06 bits per heavy atom. The number of carbonyl (C=O) groups is 1. The molecule has 1 aromatic rings. The fourth-order valence-corrected chi connectivity index (χ4v) is 1.56. The normalized spacial score (nSPS) is 19.4. The quantitative estimate of drug-likeness (QED) is 0.767. The first-order valence-electron chi connectivity index (χ1n) is 4.68. The van der Waals surface area contributed by atoms with E-state index in [4.69, 9.17) is 10.5 Å². The number of nitrogens with zero attached hydrogens (tertiary/aromatic N) is 1. The maximum Gasteiger partial charge on any atom is 0.269 e. The van der Waals surface area contributed by atoms with Crippen LogP contribution in [0.25, 0.3) is 0 Å². The maximum atomic E-state index is 13.0. The van der Waals surface area contributed by atoms with Crippen molar-refractivity contribution in [3.8, 4) is 5.75 Å². The van der Waals surface area contributed by atoms with Crippen LogP contribution in [0.15, 0.2) is 12.1 Å². The largest absolute Gasteiger partial charge is 0.477 e. The molecule has 0 spiro atoms. The molecule has 0 saturated heterocycles. The van der Waals surface area contributed by atoms with Crippen LogP contribution < -0.4 is 15.4 Å². The molecule has 2 rings (SSSR count). The van der Waals surface area contributed by atoms with Crippen molar-refractivity contribution in [3.05, 3.63) is 23.8 Å². The number of likely N-dealkylation sites (N-methyl/N-ethyl adjacent to an activating group) is 1. The molecule has 0 aliphatic carbocycles. The highest BCUT2D eigenvalue weighted by Gasteiger charge is 2.32. The molecule has 86 valence electrons. The molecule has 0 bridgehead atoms. The van der Waals surface area contributed by atoms with E-state index in [9.17, 15) is 13.6 Å². The summed E-state index contributed by atoms with van der Waals surface area (Å²) in [5, 5.41) is 0. The van der Waals surface area contributed by atoms with E-state index < -0.39 is 17.7 Å². The van der Waals surface area contributed by atoms with Crippen molar-refractivity contribution < 1.29 is 18.3 Å². The van der Waals surface area contributed by atoms with Crippen LogP contribution in [0.2, 0.25) is 0 Å². The van der Waals surface area contributed by atoms with Gasteiger partial charge in [-0.2, -0.15) is 0 Å². The van der Waals surface area contributed by atoms with Crippen LogP contribution in [0.3, 0.4) is 0 Å². The number of nitrogens with two attached hydrogens (primary N) is 1. The first-order chi connectivity index (χ1) is 7.54. The van der Waals surface area contributed by atoms with Crippen molar-refractivity contribution in [1.29, 1.82) is 0 Å². The number of fused-ring (bicyclic) bond motifs is 1. The Balaban J connectivity index is 2.50. The number of hydrogen-bond acceptors (Lipinski definition) is 3. The molecule has 0 fully saturated rings. The zero-order valence-corrected chi connectivity index (χ0v) is 8.54. The Labute approximate surface area is 90.6 Å². The van der Waals surface area contributed by atoms with Crippen LogP contribution in [-0.4, -0.2) is 25.6 Å². The van der Waals surface area contributed by atoms with Crippen LogP contribution in [0.4, 0.5) is 14.5 Å². The van der Waals surface area contributed by atoms with Gasteiger partial charge in [-0.15, -0.1) is 0 Å². The predicted octanol–water partition coefficient (Wildman–Crippen LogP) is 0.647. The second kappa shape index (κ2) is 3.71. The molecule has 0 aromatic heterocycles. The minimum Gasteiger partial charge on any atom is -0.477 e. The van der Waals surface area contributed by atoms with Crippen molar-refractivity contribution in [3.63, 3.8) is 0 Å². The van der Waals surface area contributed by atoms with Gasteiger partial charge in [0.15, 0.2) is 17.7 Å². The third-order valence-electron chi connectivity index (χ3n) is 2.45. The number of halogens is 2. The Kier molecular flexibility index (Phi) is 2.51. The summed E-state index contributed by atoms with van der Waals surface area (Å²) in [4.78, 5) is 12.8. The highest BCUT2D eigenvalue weighted by Crippen LogP contribution is 2.34. The van der Waals surface area contributed by atoms with E-state index in [1.807, 2.05) is 0 Å². The van der Waals surface area contributed by atoms with Gasteiger partial charge in [-0.25, -0.2) is 8.78 Å². The van der Waals surface area contributed by atoms with E-state index in [0.717, 1.165) is 12.1 Å². The zero-order chi connectivity index (χ0) is 11.9. The third-order valence-corrected chi connectivity index (χ3v) is 2.45. The smallest absolute Gasteiger partial charge is 0.269 e. The summed E-state index contributed by atoms with van der Waals surface area (Å²) in [5.74, 6) is -2.29. The molecule has 1 unspecified atom stereocenters. The summed E-state index contributed by atoms with van der Waals surface area (Å²) in [6.07, 6.45) is -0.845. The molecular weight excluding hydrogens is 218 g/mol. The zero-order valence-electron chi connectivity index (χ0n) is 8.54. The Morgan fingerprint density at radius 3 is 2.69 bits per heavy atom. The van der Waals surface area contributed by atoms with Crippen molar-refractivity contribution in [2.45, 2.75) is 6.10 Å². The lowest BCUT2D eigenvalue weighted by Gasteiger charge is -2.31. The maximum absolute atomic E-state index is 13.0. The van der Waals surface area contributed by atoms with Gasteiger partial charge in [0.25, 0.3) is 5.91 Å². The Bertz CT molecular complexity index is 451. The van der Waals surface area contributed by atoms with Crippen molar-refractivity contribution in [2.24, 2.45) is 5.73 Å². The lowest BCUT2D eigenvalue weighted by atomic mass is 10.2. The highest BCUT2D eigenvalue weighted by atomic mass is 19.2. The molecule has 2 N–H and O–H groups in total. The molecule has 1 aromatic carbocycles. The molecule has 1 aliphatic heterocycles. The third kappa shape index (κ3) is 1.51. The van der Waals surface area contributed by atoms with Gasteiger partial charge in [-0.3, -0.25) is 4.79 Å². The van der Waals surface area contributed by atoms with Gasteiger partial charge in [0.05, 0.1) is 5.69 Å². The molecule has 4 nitrogen and oxygen atoms in total. The number of ether oxygens (including phenoxy) is 1. The van der Waals surface area contributed by atoms with Gasteiger partial charge in [0.1, 0.15) is 5.75 Å². The van der Waals surface area contributed by atoms with Crippen LogP contribution in [0.1, 0.15) is 0 Å². The number of hydrogen-bond donors (Lipinski definition) is 1. The summed E-state index contributed by atoms with van der Waals surface area (Å²) in [6, 6.07) is 1.84. The first-order valence-corrected chi connectivity index (χ1v) is 4.68. The fraction of sp³-hybridized carbons (Fsp3) is 0.300. The SMILES string of the molecule is CN1C(=O)C(CN)Oc2cc(F)c(F)cc21.